The van der Waals surface area contributed by atoms with E-state index in [1.807, 2.05) is 12.1 Å². The van der Waals surface area contributed by atoms with Crippen molar-refractivity contribution in [3.8, 4) is 5.69 Å². The van der Waals surface area contributed by atoms with Crippen LogP contribution >= 0.6 is 0 Å². The summed E-state index contributed by atoms with van der Waals surface area (Å²) >= 11 is 0. The SMILES string of the molecule is c1ccc(N(c2ccccc2)c2cccc(N(c3ccc4c(ccc5cc6c7ccccc7n(-c7ccccc7)c6cc54)c3)c3ccc4c(c3)oc3ccccc34)c2)cc1. The van der Waals surface area contributed by atoms with Crippen molar-refractivity contribution in [3.05, 3.63) is 224 Å². The largest absolute Gasteiger partial charge is 0.456 e. The van der Waals surface area contributed by atoms with Gasteiger partial charge in [-0.25, -0.2) is 0 Å². The molecule has 60 heavy (non-hydrogen) atoms. The Morgan fingerprint density at radius 1 is 0.283 bits per heavy atom. The van der Waals surface area contributed by atoms with Crippen molar-refractivity contribution in [2.24, 2.45) is 0 Å². The van der Waals surface area contributed by atoms with Gasteiger partial charge in [-0.05, 0) is 125 Å². The summed E-state index contributed by atoms with van der Waals surface area (Å²) in [4.78, 5) is 4.66. The third-order valence-electron chi connectivity index (χ3n) is 11.9. The first kappa shape index (κ1) is 34.0. The molecule has 2 aromatic heterocycles. The van der Waals surface area contributed by atoms with Gasteiger partial charge in [-0.15, -0.1) is 0 Å². The molecule has 4 nitrogen and oxygen atoms in total. The molecule has 0 aliphatic heterocycles. The highest BCUT2D eigenvalue weighted by atomic mass is 16.3. The third kappa shape index (κ3) is 5.53. The Bertz CT molecular complexity index is 3510. The van der Waals surface area contributed by atoms with E-state index in [4.69, 9.17) is 4.42 Å². The molecule has 0 atom stereocenters. The summed E-state index contributed by atoms with van der Waals surface area (Å²) in [6, 6.07) is 80.4. The van der Waals surface area contributed by atoms with Crippen LogP contribution in [0.15, 0.2) is 229 Å². The highest BCUT2D eigenvalue weighted by molar-refractivity contribution is 6.18. The molecule has 0 spiro atoms. The predicted molar refractivity (Wildman–Crippen MR) is 252 cm³/mol. The van der Waals surface area contributed by atoms with Gasteiger partial charge in [0.2, 0.25) is 0 Å². The average molecular weight is 768 g/mol. The standard InChI is InChI=1S/C56H37N3O/c1-4-15-40(16-5-1)57(41-17-6-2-7-18-41)43-21-14-22-44(35-43)58(46-30-32-50-49-24-11-13-26-55(49)60-56(50)36-46)45-29-31-47-38(33-45)27-28-39-34-52-48-23-10-12-25-53(48)59(54(52)37-51(39)47)42-19-8-3-9-20-42/h1-37H. The van der Waals surface area contributed by atoms with Crippen LogP contribution in [-0.4, -0.2) is 4.57 Å². The monoisotopic (exact) mass is 767 g/mol. The van der Waals surface area contributed by atoms with Gasteiger partial charge >= 0.3 is 0 Å². The Kier molecular flexibility index (Phi) is 7.82. The van der Waals surface area contributed by atoms with Crippen LogP contribution in [0.3, 0.4) is 0 Å². The van der Waals surface area contributed by atoms with Crippen LogP contribution in [0.5, 0.6) is 0 Å². The van der Waals surface area contributed by atoms with Crippen molar-refractivity contribution in [2.45, 2.75) is 0 Å². The number of para-hydroxylation sites is 5. The zero-order valence-corrected chi connectivity index (χ0v) is 32.6. The molecule has 0 bridgehead atoms. The lowest BCUT2D eigenvalue weighted by atomic mass is 9.99. The van der Waals surface area contributed by atoms with Crippen LogP contribution in [-0.2, 0) is 0 Å². The van der Waals surface area contributed by atoms with Crippen molar-refractivity contribution in [1.82, 2.24) is 4.57 Å². The van der Waals surface area contributed by atoms with Gasteiger partial charge in [0.25, 0.3) is 0 Å². The summed E-state index contributed by atoms with van der Waals surface area (Å²) in [6.07, 6.45) is 0. The molecule has 4 heteroatoms. The molecule has 0 fully saturated rings. The molecule has 0 N–H and O–H groups in total. The first-order chi connectivity index (χ1) is 29.7. The van der Waals surface area contributed by atoms with Gasteiger partial charge in [-0.3, -0.25) is 0 Å². The minimum Gasteiger partial charge on any atom is -0.456 e. The van der Waals surface area contributed by atoms with E-state index in [2.05, 4.69) is 227 Å². The summed E-state index contributed by atoms with van der Waals surface area (Å²) in [5, 5.41) is 9.56. The quantitative estimate of drug-likeness (QED) is 0.151. The number of rotatable bonds is 7. The lowest BCUT2D eigenvalue weighted by Gasteiger charge is -2.29. The molecule has 0 unspecified atom stereocenters. The van der Waals surface area contributed by atoms with Gasteiger partial charge in [-0.2, -0.15) is 0 Å². The molecule has 10 aromatic carbocycles. The van der Waals surface area contributed by atoms with Crippen LogP contribution in [0.2, 0.25) is 0 Å². The number of hydrogen-bond acceptors (Lipinski definition) is 3. The predicted octanol–water partition coefficient (Wildman–Crippen LogP) is 15.9. The van der Waals surface area contributed by atoms with Crippen molar-refractivity contribution in [1.29, 1.82) is 0 Å². The van der Waals surface area contributed by atoms with Crippen LogP contribution in [0.1, 0.15) is 0 Å². The maximum atomic E-state index is 6.47. The topological polar surface area (TPSA) is 24.6 Å². The lowest BCUT2D eigenvalue weighted by molar-refractivity contribution is 0.669. The van der Waals surface area contributed by atoms with Gasteiger partial charge in [0, 0.05) is 67.4 Å². The summed E-state index contributed by atoms with van der Waals surface area (Å²) in [7, 11) is 0. The number of furan rings is 1. The smallest absolute Gasteiger partial charge is 0.137 e. The second-order valence-corrected chi connectivity index (χ2v) is 15.4. The molecule has 12 aromatic rings. The molecule has 0 amide bonds. The Morgan fingerprint density at radius 3 is 1.55 bits per heavy atom. The van der Waals surface area contributed by atoms with E-state index in [9.17, 15) is 0 Å². The van der Waals surface area contributed by atoms with Gasteiger partial charge < -0.3 is 18.8 Å². The van der Waals surface area contributed by atoms with Crippen molar-refractivity contribution < 1.29 is 4.42 Å². The Balaban J connectivity index is 1.06. The van der Waals surface area contributed by atoms with Crippen molar-refractivity contribution in [2.75, 3.05) is 9.80 Å². The zero-order chi connectivity index (χ0) is 39.6. The van der Waals surface area contributed by atoms with E-state index < -0.39 is 0 Å². The van der Waals surface area contributed by atoms with Crippen molar-refractivity contribution in [3.63, 3.8) is 0 Å². The number of benzene rings is 10. The minimum absolute atomic E-state index is 0.856. The molecule has 0 aliphatic rings. The molecular weight excluding hydrogens is 731 g/mol. The Morgan fingerprint density at radius 2 is 0.817 bits per heavy atom. The molecule has 0 radical (unpaired) electrons. The van der Waals surface area contributed by atoms with E-state index in [0.717, 1.165) is 61.8 Å². The van der Waals surface area contributed by atoms with E-state index in [0.29, 0.717) is 0 Å². The number of nitrogens with zero attached hydrogens (tertiary/aromatic N) is 3. The van der Waals surface area contributed by atoms with Crippen LogP contribution < -0.4 is 9.80 Å². The van der Waals surface area contributed by atoms with Crippen molar-refractivity contribution >= 4 is 99.4 Å². The first-order valence-corrected chi connectivity index (χ1v) is 20.4. The fourth-order valence-electron chi connectivity index (χ4n) is 9.18. The van der Waals surface area contributed by atoms with E-state index in [1.165, 1.54) is 43.4 Å². The molecule has 0 aliphatic carbocycles. The minimum atomic E-state index is 0.856. The maximum Gasteiger partial charge on any atom is 0.137 e. The highest BCUT2D eigenvalue weighted by Crippen LogP contribution is 2.44. The fraction of sp³-hybridized carbons (Fsp3) is 0. The molecule has 282 valence electrons. The summed E-state index contributed by atoms with van der Waals surface area (Å²) < 4.78 is 8.87. The molecule has 0 saturated heterocycles. The van der Waals surface area contributed by atoms with E-state index >= 15 is 0 Å². The second-order valence-electron chi connectivity index (χ2n) is 15.4. The van der Waals surface area contributed by atoms with Gasteiger partial charge in [-0.1, -0.05) is 115 Å². The lowest BCUT2D eigenvalue weighted by Crippen LogP contribution is -2.13. The highest BCUT2D eigenvalue weighted by Gasteiger charge is 2.20. The second kappa shape index (κ2) is 13.8. The Labute approximate surface area is 347 Å². The van der Waals surface area contributed by atoms with Gasteiger partial charge in [0.15, 0.2) is 0 Å². The normalized spacial score (nSPS) is 11.7. The van der Waals surface area contributed by atoms with Crippen LogP contribution in [0, 0.1) is 0 Å². The third-order valence-corrected chi connectivity index (χ3v) is 11.9. The average Bonchev–Trinajstić information content (AvgIpc) is 3.84. The van der Waals surface area contributed by atoms with Crippen LogP contribution in [0.25, 0.3) is 71.0 Å². The summed E-state index contributed by atoms with van der Waals surface area (Å²) in [6.45, 7) is 0. The Hall–Kier alpha value is -8.08. The fourth-order valence-corrected chi connectivity index (χ4v) is 9.18. The molecular formula is C56H37N3O. The summed E-state index contributed by atoms with van der Waals surface area (Å²) in [5.74, 6) is 0. The summed E-state index contributed by atoms with van der Waals surface area (Å²) in [5.41, 5.74) is 11.7. The maximum absolute atomic E-state index is 6.47. The van der Waals surface area contributed by atoms with Gasteiger partial charge in [0.05, 0.1) is 11.0 Å². The van der Waals surface area contributed by atoms with Gasteiger partial charge in [0.1, 0.15) is 11.2 Å². The first-order valence-electron chi connectivity index (χ1n) is 20.4. The molecule has 0 saturated carbocycles. The zero-order valence-electron chi connectivity index (χ0n) is 32.6. The van der Waals surface area contributed by atoms with E-state index in [1.54, 1.807) is 0 Å². The van der Waals surface area contributed by atoms with E-state index in [-0.39, 0.29) is 0 Å². The number of aromatic nitrogens is 1. The molecule has 12 rings (SSSR count). The number of anilines is 6. The van der Waals surface area contributed by atoms with Crippen LogP contribution in [0.4, 0.5) is 34.1 Å². The number of fused-ring (bicyclic) bond motifs is 9. The number of hydrogen-bond donors (Lipinski definition) is 0. The molecule has 2 heterocycles.